The maximum absolute atomic E-state index is 13.4. The van der Waals surface area contributed by atoms with Crippen molar-refractivity contribution in [3.63, 3.8) is 0 Å². The van der Waals surface area contributed by atoms with E-state index in [9.17, 15) is 14.4 Å². The minimum atomic E-state index is -1.01. The van der Waals surface area contributed by atoms with E-state index in [2.05, 4.69) is 6.07 Å². The van der Waals surface area contributed by atoms with Crippen molar-refractivity contribution in [1.29, 1.82) is 5.26 Å². The summed E-state index contributed by atoms with van der Waals surface area (Å²) in [7, 11) is 0. The van der Waals surface area contributed by atoms with Crippen molar-refractivity contribution in [1.82, 2.24) is 0 Å². The zero-order valence-corrected chi connectivity index (χ0v) is 13.0. The molecule has 0 unspecified atom stereocenters. The quantitative estimate of drug-likeness (QED) is 0.752. The van der Waals surface area contributed by atoms with Gasteiger partial charge in [-0.1, -0.05) is 32.8 Å². The van der Waals surface area contributed by atoms with Gasteiger partial charge in [0, 0.05) is 12.2 Å². The van der Waals surface area contributed by atoms with Crippen molar-refractivity contribution < 1.29 is 9.18 Å². The lowest BCUT2D eigenvalue weighted by molar-refractivity contribution is -0.126. The fourth-order valence-electron chi connectivity index (χ4n) is 2.70. The zero-order valence-electron chi connectivity index (χ0n) is 13.0. The summed E-state index contributed by atoms with van der Waals surface area (Å²) < 4.78 is 13.4. The van der Waals surface area contributed by atoms with Gasteiger partial charge in [-0.05, 0) is 38.0 Å². The molecule has 0 heterocycles. The molecule has 0 aliphatic rings. The van der Waals surface area contributed by atoms with Crippen LogP contribution in [0.15, 0.2) is 24.3 Å². The van der Waals surface area contributed by atoms with Crippen molar-refractivity contribution in [3.05, 3.63) is 30.1 Å². The lowest BCUT2D eigenvalue weighted by atomic mass is 9.79. The number of benzene rings is 1. The van der Waals surface area contributed by atoms with Crippen LogP contribution in [-0.2, 0) is 4.79 Å². The Hall–Kier alpha value is -1.89. The molecule has 1 amide bonds. The highest BCUT2D eigenvalue weighted by Crippen LogP contribution is 2.33. The summed E-state index contributed by atoms with van der Waals surface area (Å²) in [5.74, 6) is -0.603. The Kier molecular flexibility index (Phi) is 6.36. The summed E-state index contributed by atoms with van der Waals surface area (Å²) in [5, 5.41) is 9.58. The Morgan fingerprint density at radius 3 is 2.33 bits per heavy atom. The molecule has 0 saturated heterocycles. The second kappa shape index (κ2) is 7.78. The van der Waals surface area contributed by atoms with Crippen LogP contribution >= 0.6 is 0 Å². The van der Waals surface area contributed by atoms with Crippen LogP contribution in [0.5, 0.6) is 0 Å². The van der Waals surface area contributed by atoms with Crippen LogP contribution in [0, 0.1) is 22.6 Å². The summed E-state index contributed by atoms with van der Waals surface area (Å²) in [6, 6.07) is 8.19. The van der Waals surface area contributed by atoms with Gasteiger partial charge in [0.1, 0.15) is 11.2 Å². The van der Waals surface area contributed by atoms with Gasteiger partial charge in [0.15, 0.2) is 0 Å². The number of carbonyl (C=O) groups is 1. The van der Waals surface area contributed by atoms with Crippen LogP contribution < -0.4 is 4.90 Å². The number of hydrogen-bond donors (Lipinski definition) is 0. The first-order valence-electron chi connectivity index (χ1n) is 7.53. The van der Waals surface area contributed by atoms with E-state index in [0.29, 0.717) is 25.1 Å². The SMILES string of the molecule is CCCC(C#N)(CCC)C(=O)N(CC)c1cccc(F)c1. The molecule has 0 fully saturated rings. The van der Waals surface area contributed by atoms with Crippen LogP contribution in [0.3, 0.4) is 0 Å². The van der Waals surface area contributed by atoms with Gasteiger partial charge in [-0.3, -0.25) is 4.79 Å². The van der Waals surface area contributed by atoms with Crippen molar-refractivity contribution in [2.24, 2.45) is 5.41 Å². The van der Waals surface area contributed by atoms with Gasteiger partial charge < -0.3 is 4.90 Å². The molecule has 0 aliphatic carbocycles. The summed E-state index contributed by atoms with van der Waals surface area (Å²) in [6.07, 6.45) is 2.59. The van der Waals surface area contributed by atoms with Gasteiger partial charge >= 0.3 is 0 Å². The Morgan fingerprint density at radius 2 is 1.90 bits per heavy atom. The number of hydrogen-bond acceptors (Lipinski definition) is 2. The van der Waals surface area contributed by atoms with E-state index in [4.69, 9.17) is 0 Å². The third kappa shape index (κ3) is 3.81. The van der Waals surface area contributed by atoms with Crippen LogP contribution in [0.1, 0.15) is 46.5 Å². The van der Waals surface area contributed by atoms with Crippen molar-refractivity contribution in [2.75, 3.05) is 11.4 Å². The van der Waals surface area contributed by atoms with Crippen LogP contribution in [0.4, 0.5) is 10.1 Å². The van der Waals surface area contributed by atoms with E-state index in [0.717, 1.165) is 12.8 Å². The normalized spacial score (nSPS) is 11.0. The van der Waals surface area contributed by atoms with E-state index in [1.807, 2.05) is 20.8 Å². The minimum Gasteiger partial charge on any atom is -0.311 e. The largest absolute Gasteiger partial charge is 0.311 e. The molecular formula is C17H23FN2O. The summed E-state index contributed by atoms with van der Waals surface area (Å²) in [6.45, 7) is 6.18. The molecule has 0 N–H and O–H groups in total. The van der Waals surface area contributed by atoms with Crippen LogP contribution in [-0.4, -0.2) is 12.5 Å². The standard InChI is InChI=1S/C17H23FN2O/c1-4-10-17(13-19,11-5-2)16(21)20(6-3)15-9-7-8-14(18)12-15/h7-9,12H,4-6,10-11H2,1-3H3. The average Bonchev–Trinajstić information content (AvgIpc) is 2.47. The molecule has 0 saturated carbocycles. The number of amides is 1. The Bertz CT molecular complexity index is 516. The fourth-order valence-corrected chi connectivity index (χ4v) is 2.70. The fraction of sp³-hybridized carbons (Fsp3) is 0.529. The van der Waals surface area contributed by atoms with Gasteiger partial charge in [-0.15, -0.1) is 0 Å². The summed E-state index contributed by atoms with van der Waals surface area (Å²) in [4.78, 5) is 14.4. The number of anilines is 1. The molecule has 0 radical (unpaired) electrons. The zero-order chi connectivity index (χ0) is 15.9. The molecule has 0 aromatic heterocycles. The smallest absolute Gasteiger partial charge is 0.247 e. The molecule has 1 aromatic carbocycles. The monoisotopic (exact) mass is 290 g/mol. The molecule has 114 valence electrons. The van der Waals surface area contributed by atoms with E-state index in [-0.39, 0.29) is 11.7 Å². The summed E-state index contributed by atoms with van der Waals surface area (Å²) in [5.41, 5.74) is -0.499. The van der Waals surface area contributed by atoms with Crippen LogP contribution in [0.2, 0.25) is 0 Å². The van der Waals surface area contributed by atoms with Gasteiger partial charge in [-0.2, -0.15) is 5.26 Å². The lowest BCUT2D eigenvalue weighted by Crippen LogP contribution is -2.43. The highest BCUT2D eigenvalue weighted by Gasteiger charge is 2.40. The topological polar surface area (TPSA) is 44.1 Å². The van der Waals surface area contributed by atoms with Crippen molar-refractivity contribution in [3.8, 4) is 6.07 Å². The third-order valence-electron chi connectivity index (χ3n) is 3.66. The predicted octanol–water partition coefficient (Wildman–Crippen LogP) is 4.29. The number of nitriles is 1. The second-order valence-corrected chi connectivity index (χ2v) is 5.22. The minimum absolute atomic E-state index is 0.221. The molecule has 0 bridgehead atoms. The molecule has 21 heavy (non-hydrogen) atoms. The highest BCUT2D eigenvalue weighted by atomic mass is 19.1. The average molecular weight is 290 g/mol. The number of carbonyl (C=O) groups excluding carboxylic acids is 1. The summed E-state index contributed by atoms with van der Waals surface area (Å²) >= 11 is 0. The molecule has 0 spiro atoms. The molecule has 0 aliphatic heterocycles. The van der Waals surface area contributed by atoms with Gasteiger partial charge in [0.2, 0.25) is 5.91 Å². The van der Waals surface area contributed by atoms with Crippen LogP contribution in [0.25, 0.3) is 0 Å². The maximum Gasteiger partial charge on any atom is 0.247 e. The number of halogens is 1. The Morgan fingerprint density at radius 1 is 1.29 bits per heavy atom. The first kappa shape index (κ1) is 17.2. The lowest BCUT2D eigenvalue weighted by Gasteiger charge is -2.31. The predicted molar refractivity (Wildman–Crippen MR) is 82.3 cm³/mol. The first-order chi connectivity index (χ1) is 10.0. The van der Waals surface area contributed by atoms with Gasteiger partial charge in [0.05, 0.1) is 6.07 Å². The third-order valence-corrected chi connectivity index (χ3v) is 3.66. The molecule has 0 atom stereocenters. The van der Waals surface area contributed by atoms with E-state index in [1.54, 1.807) is 12.1 Å². The highest BCUT2D eigenvalue weighted by molar-refractivity contribution is 5.99. The number of nitrogens with zero attached hydrogens (tertiary/aromatic N) is 2. The van der Waals surface area contributed by atoms with E-state index < -0.39 is 5.41 Å². The Labute approximate surface area is 126 Å². The van der Waals surface area contributed by atoms with Gasteiger partial charge in [-0.25, -0.2) is 4.39 Å². The Balaban J connectivity index is 3.19. The number of rotatable bonds is 7. The molecule has 4 heteroatoms. The van der Waals surface area contributed by atoms with E-state index in [1.165, 1.54) is 17.0 Å². The van der Waals surface area contributed by atoms with Crippen molar-refractivity contribution >= 4 is 11.6 Å². The second-order valence-electron chi connectivity index (χ2n) is 5.22. The van der Waals surface area contributed by atoms with Crippen molar-refractivity contribution in [2.45, 2.75) is 46.5 Å². The molecule has 1 rings (SSSR count). The maximum atomic E-state index is 13.4. The van der Waals surface area contributed by atoms with E-state index >= 15 is 0 Å². The molecular weight excluding hydrogens is 267 g/mol. The molecule has 3 nitrogen and oxygen atoms in total. The van der Waals surface area contributed by atoms with Gasteiger partial charge in [0.25, 0.3) is 0 Å². The first-order valence-corrected chi connectivity index (χ1v) is 7.53. The molecule has 1 aromatic rings.